The van der Waals surface area contributed by atoms with Crippen LogP contribution < -0.4 is 10.6 Å². The van der Waals surface area contributed by atoms with Crippen molar-refractivity contribution in [3.05, 3.63) is 71.8 Å². The summed E-state index contributed by atoms with van der Waals surface area (Å²) in [5, 5.41) is 6.19. The average molecular weight is 508 g/mol. The molecule has 1 saturated heterocycles. The Bertz CT molecular complexity index is 898. The fraction of sp³-hybridized carbons (Fsp3) is 0.548. The third-order valence-electron chi connectivity index (χ3n) is 6.84. The highest BCUT2D eigenvalue weighted by molar-refractivity contribution is 5.78. The molecule has 1 heterocycles. The first-order valence-corrected chi connectivity index (χ1v) is 13.9. The maximum atomic E-state index is 13.5. The molecule has 6 nitrogen and oxygen atoms in total. The standard InChI is InChI=1S/C31H45N3O3/c1-31(2,3)37-30(36)32-24-34-23-11-10-22-28(34)33-29(35)27(20-12-18-25-14-6-4-7-15-25)21-13-19-26-16-8-5-9-17-26/h4-9,14-17,27-28H,10-13,18-24H2,1-3H3,(H,32,36)(H,33,35). The van der Waals surface area contributed by atoms with Crippen LogP contribution in [0.15, 0.2) is 60.7 Å². The van der Waals surface area contributed by atoms with E-state index in [1.54, 1.807) is 0 Å². The van der Waals surface area contributed by atoms with Gasteiger partial charge < -0.3 is 15.4 Å². The number of aryl methyl sites for hydroxylation is 2. The fourth-order valence-corrected chi connectivity index (χ4v) is 4.91. The highest BCUT2D eigenvalue weighted by Gasteiger charge is 2.28. The van der Waals surface area contributed by atoms with Gasteiger partial charge in [0.15, 0.2) is 0 Å². The second-order valence-electron chi connectivity index (χ2n) is 11.1. The molecular formula is C31H45N3O3. The zero-order valence-corrected chi connectivity index (χ0v) is 22.9. The van der Waals surface area contributed by atoms with Crippen molar-refractivity contribution >= 4 is 12.0 Å². The van der Waals surface area contributed by atoms with E-state index >= 15 is 0 Å². The second kappa shape index (κ2) is 14.8. The number of benzene rings is 2. The minimum atomic E-state index is -0.535. The van der Waals surface area contributed by atoms with Crippen molar-refractivity contribution in [2.45, 2.75) is 90.3 Å². The van der Waals surface area contributed by atoms with E-state index in [4.69, 9.17) is 4.74 Å². The molecule has 0 aliphatic carbocycles. The first-order valence-electron chi connectivity index (χ1n) is 13.9. The lowest BCUT2D eigenvalue weighted by Crippen LogP contribution is -2.55. The molecule has 6 heteroatoms. The van der Waals surface area contributed by atoms with E-state index in [2.05, 4.69) is 64.1 Å². The number of amides is 2. The number of carbonyl (C=O) groups excluding carboxylic acids is 2. The molecule has 1 aliphatic heterocycles. The molecule has 37 heavy (non-hydrogen) atoms. The highest BCUT2D eigenvalue weighted by Crippen LogP contribution is 2.21. The molecule has 202 valence electrons. The van der Waals surface area contributed by atoms with Crippen LogP contribution in [0.5, 0.6) is 0 Å². The summed E-state index contributed by atoms with van der Waals surface area (Å²) in [7, 11) is 0. The number of likely N-dealkylation sites (tertiary alicyclic amines) is 1. The number of hydrogen-bond donors (Lipinski definition) is 2. The van der Waals surface area contributed by atoms with E-state index in [9.17, 15) is 9.59 Å². The lowest BCUT2D eigenvalue weighted by atomic mass is 9.92. The maximum absolute atomic E-state index is 13.5. The van der Waals surface area contributed by atoms with Crippen LogP contribution in [0.3, 0.4) is 0 Å². The molecule has 1 atom stereocenters. The lowest BCUT2D eigenvalue weighted by molar-refractivity contribution is -0.128. The van der Waals surface area contributed by atoms with Crippen molar-refractivity contribution in [3.63, 3.8) is 0 Å². The Labute approximate surface area is 223 Å². The largest absolute Gasteiger partial charge is 0.444 e. The van der Waals surface area contributed by atoms with Crippen LogP contribution in [0.1, 0.15) is 76.8 Å². The number of alkyl carbamates (subject to hydrolysis) is 1. The second-order valence-corrected chi connectivity index (χ2v) is 11.1. The molecule has 2 amide bonds. The van der Waals surface area contributed by atoms with E-state index < -0.39 is 11.7 Å². The molecule has 0 spiro atoms. The Morgan fingerprint density at radius 2 is 1.49 bits per heavy atom. The molecule has 2 aromatic carbocycles. The molecule has 3 rings (SSSR count). The Hall–Kier alpha value is -2.86. The summed E-state index contributed by atoms with van der Waals surface area (Å²) in [5.41, 5.74) is 2.10. The van der Waals surface area contributed by atoms with E-state index in [0.717, 1.165) is 64.3 Å². The minimum Gasteiger partial charge on any atom is -0.444 e. The zero-order valence-electron chi connectivity index (χ0n) is 22.9. The Balaban J connectivity index is 1.55. The third kappa shape index (κ3) is 11.0. The van der Waals surface area contributed by atoms with Crippen LogP contribution >= 0.6 is 0 Å². The summed E-state index contributed by atoms with van der Waals surface area (Å²) in [5.74, 6) is 0.116. The number of rotatable bonds is 12. The Kier molecular flexibility index (Phi) is 11.5. The van der Waals surface area contributed by atoms with Crippen molar-refractivity contribution in [2.75, 3.05) is 13.2 Å². The lowest BCUT2D eigenvalue weighted by Gasteiger charge is -2.37. The fourth-order valence-electron chi connectivity index (χ4n) is 4.91. The molecule has 0 radical (unpaired) electrons. The molecule has 0 saturated carbocycles. The van der Waals surface area contributed by atoms with Crippen LogP contribution in [-0.2, 0) is 22.4 Å². The van der Waals surface area contributed by atoms with E-state index in [0.29, 0.717) is 6.67 Å². The smallest absolute Gasteiger partial charge is 0.408 e. The van der Waals surface area contributed by atoms with Crippen LogP contribution in [0, 0.1) is 5.92 Å². The summed E-state index contributed by atoms with van der Waals surface area (Å²) < 4.78 is 5.38. The average Bonchev–Trinajstić information content (AvgIpc) is 2.87. The van der Waals surface area contributed by atoms with Gasteiger partial charge in [0.25, 0.3) is 0 Å². The van der Waals surface area contributed by atoms with Crippen molar-refractivity contribution < 1.29 is 14.3 Å². The predicted octanol–water partition coefficient (Wildman–Crippen LogP) is 6.06. The summed E-state index contributed by atoms with van der Waals surface area (Å²) in [4.78, 5) is 27.8. The molecule has 1 aliphatic rings. The molecular weight excluding hydrogens is 462 g/mol. The molecule has 1 unspecified atom stereocenters. The van der Waals surface area contributed by atoms with E-state index in [-0.39, 0.29) is 18.0 Å². The minimum absolute atomic E-state index is 0.0185. The van der Waals surface area contributed by atoms with Gasteiger partial charge in [0, 0.05) is 12.5 Å². The number of nitrogens with zero attached hydrogens (tertiary/aromatic N) is 1. The molecule has 2 aromatic rings. The van der Waals surface area contributed by atoms with Gasteiger partial charge in [0.2, 0.25) is 5.91 Å². The van der Waals surface area contributed by atoms with E-state index in [1.807, 2.05) is 32.9 Å². The highest BCUT2D eigenvalue weighted by atomic mass is 16.6. The number of piperidine rings is 1. The SMILES string of the molecule is CC(C)(C)OC(=O)NCN1CCCCC1NC(=O)C(CCCc1ccccc1)CCCc1ccccc1. The van der Waals surface area contributed by atoms with Gasteiger partial charge in [0.05, 0.1) is 12.8 Å². The molecule has 0 aromatic heterocycles. The van der Waals surface area contributed by atoms with Gasteiger partial charge in [0.1, 0.15) is 5.60 Å². The van der Waals surface area contributed by atoms with Crippen LogP contribution in [0.2, 0.25) is 0 Å². The maximum Gasteiger partial charge on any atom is 0.408 e. The van der Waals surface area contributed by atoms with Crippen LogP contribution in [0.25, 0.3) is 0 Å². The third-order valence-corrected chi connectivity index (χ3v) is 6.84. The Morgan fingerprint density at radius 1 is 0.919 bits per heavy atom. The van der Waals surface area contributed by atoms with Crippen molar-refractivity contribution in [1.29, 1.82) is 0 Å². The van der Waals surface area contributed by atoms with E-state index in [1.165, 1.54) is 11.1 Å². The molecule has 2 N–H and O–H groups in total. The van der Waals surface area contributed by atoms with Crippen molar-refractivity contribution in [3.8, 4) is 0 Å². The summed E-state index contributed by atoms with van der Waals surface area (Å²) in [6.07, 6.45) is 8.21. The van der Waals surface area contributed by atoms with Gasteiger partial charge >= 0.3 is 6.09 Å². The van der Waals surface area contributed by atoms with Gasteiger partial charge in [-0.25, -0.2) is 4.79 Å². The Morgan fingerprint density at radius 3 is 2.03 bits per heavy atom. The normalized spacial score (nSPS) is 16.4. The summed E-state index contributed by atoms with van der Waals surface area (Å²) in [6.45, 7) is 6.77. The van der Waals surface area contributed by atoms with Gasteiger partial charge in [-0.1, -0.05) is 60.7 Å². The molecule has 1 fully saturated rings. The quantitative estimate of drug-likeness (QED) is 0.366. The number of nitrogens with one attached hydrogen (secondary N) is 2. The zero-order chi connectivity index (χ0) is 26.5. The van der Waals surface area contributed by atoms with Gasteiger partial charge in [-0.15, -0.1) is 0 Å². The first kappa shape index (κ1) is 28.7. The van der Waals surface area contributed by atoms with Crippen LogP contribution in [0.4, 0.5) is 4.79 Å². The topological polar surface area (TPSA) is 70.7 Å². The van der Waals surface area contributed by atoms with Gasteiger partial charge in [-0.2, -0.15) is 0 Å². The summed E-state index contributed by atoms with van der Waals surface area (Å²) >= 11 is 0. The van der Waals surface area contributed by atoms with Gasteiger partial charge in [-0.3, -0.25) is 9.69 Å². The summed E-state index contributed by atoms with van der Waals surface area (Å²) in [6, 6.07) is 21.0. The number of hydrogen-bond acceptors (Lipinski definition) is 4. The monoisotopic (exact) mass is 507 g/mol. The van der Waals surface area contributed by atoms with Crippen molar-refractivity contribution in [2.24, 2.45) is 5.92 Å². The molecule has 0 bridgehead atoms. The number of ether oxygens (including phenoxy) is 1. The first-order chi connectivity index (χ1) is 17.8. The predicted molar refractivity (Wildman–Crippen MR) is 149 cm³/mol. The number of carbonyl (C=O) groups is 2. The van der Waals surface area contributed by atoms with Gasteiger partial charge in [-0.05, 0) is 89.7 Å². The van der Waals surface area contributed by atoms with Crippen LogP contribution in [-0.4, -0.2) is 41.9 Å². The van der Waals surface area contributed by atoms with Crippen molar-refractivity contribution in [1.82, 2.24) is 15.5 Å².